The molecular weight excluding hydrogens is 429 g/mol. The van der Waals surface area contributed by atoms with Gasteiger partial charge in [-0.1, -0.05) is 22.0 Å². The molecular formula is C16H13BrFN3O2S2. The molecule has 5 nitrogen and oxygen atoms in total. The monoisotopic (exact) mass is 441 g/mol. The van der Waals surface area contributed by atoms with E-state index in [1.54, 1.807) is 6.07 Å². The number of nitrogens with one attached hydrogen (secondary N) is 3. The zero-order valence-electron chi connectivity index (χ0n) is 12.7. The molecule has 0 saturated heterocycles. The summed E-state index contributed by atoms with van der Waals surface area (Å²) in [5, 5.41) is 4.20. The molecule has 0 bridgehead atoms. The van der Waals surface area contributed by atoms with Gasteiger partial charge in [-0.05, 0) is 53.5 Å². The Balaban J connectivity index is 1.76. The van der Waals surface area contributed by atoms with Gasteiger partial charge in [0.2, 0.25) is 11.8 Å². The lowest BCUT2D eigenvalue weighted by Crippen LogP contribution is -2.48. The van der Waals surface area contributed by atoms with E-state index in [0.717, 1.165) is 4.88 Å². The van der Waals surface area contributed by atoms with Gasteiger partial charge in [0, 0.05) is 15.4 Å². The third-order valence-corrected chi connectivity index (χ3v) is 4.32. The Morgan fingerprint density at radius 2 is 2.08 bits per heavy atom. The lowest BCUT2D eigenvalue weighted by molar-refractivity contribution is -0.121. The van der Waals surface area contributed by atoms with Crippen molar-refractivity contribution in [2.24, 2.45) is 0 Å². The summed E-state index contributed by atoms with van der Waals surface area (Å²) >= 11 is 9.56. The lowest BCUT2D eigenvalue weighted by Gasteiger charge is -2.09. The lowest BCUT2D eigenvalue weighted by atomic mass is 10.2. The average molecular weight is 442 g/mol. The highest BCUT2D eigenvalue weighted by molar-refractivity contribution is 9.10. The standard InChI is InChI=1S/C16H13BrFN3O2S2/c17-11-6-10(7-12(18)8-11)3-4-14(22)19-16(24)21-20-15(23)9-13-2-1-5-25-13/h1-8H,9H2,(H,20,23)(H2,19,21,22,24)/b4-3+. The van der Waals surface area contributed by atoms with Crippen LogP contribution in [-0.4, -0.2) is 16.9 Å². The van der Waals surface area contributed by atoms with Crippen molar-refractivity contribution in [1.82, 2.24) is 16.2 Å². The Morgan fingerprint density at radius 1 is 1.28 bits per heavy atom. The van der Waals surface area contributed by atoms with E-state index in [9.17, 15) is 14.0 Å². The molecule has 0 unspecified atom stereocenters. The fraction of sp³-hybridized carbons (Fsp3) is 0.0625. The van der Waals surface area contributed by atoms with Crippen LogP contribution in [0.2, 0.25) is 0 Å². The van der Waals surface area contributed by atoms with Gasteiger partial charge in [-0.15, -0.1) is 11.3 Å². The number of hydrogen-bond donors (Lipinski definition) is 3. The van der Waals surface area contributed by atoms with E-state index in [2.05, 4.69) is 32.1 Å². The van der Waals surface area contributed by atoms with Gasteiger partial charge < -0.3 is 0 Å². The minimum Gasteiger partial charge on any atom is -0.298 e. The van der Waals surface area contributed by atoms with Crippen molar-refractivity contribution in [1.29, 1.82) is 0 Å². The molecule has 0 spiro atoms. The maximum Gasteiger partial charge on any atom is 0.250 e. The molecule has 2 amide bonds. The van der Waals surface area contributed by atoms with Gasteiger partial charge >= 0.3 is 0 Å². The first-order chi connectivity index (χ1) is 11.9. The van der Waals surface area contributed by atoms with Crippen molar-refractivity contribution >= 4 is 62.5 Å². The molecule has 0 aliphatic heterocycles. The number of thiophene rings is 1. The number of carbonyl (C=O) groups is 2. The Hall–Kier alpha value is -2.10. The summed E-state index contributed by atoms with van der Waals surface area (Å²) < 4.78 is 13.8. The third kappa shape index (κ3) is 7.12. The van der Waals surface area contributed by atoms with Crippen molar-refractivity contribution < 1.29 is 14.0 Å². The molecule has 9 heteroatoms. The zero-order valence-corrected chi connectivity index (χ0v) is 15.9. The van der Waals surface area contributed by atoms with Crippen LogP contribution in [0.4, 0.5) is 4.39 Å². The van der Waals surface area contributed by atoms with Gasteiger partial charge in [0.15, 0.2) is 5.11 Å². The second-order valence-electron chi connectivity index (χ2n) is 4.78. The number of rotatable bonds is 4. The molecule has 2 aromatic rings. The summed E-state index contributed by atoms with van der Waals surface area (Å²) in [5.41, 5.74) is 5.36. The molecule has 0 radical (unpaired) electrons. The van der Waals surface area contributed by atoms with Gasteiger partial charge in [-0.25, -0.2) is 4.39 Å². The van der Waals surface area contributed by atoms with Crippen LogP contribution in [-0.2, 0) is 16.0 Å². The topological polar surface area (TPSA) is 70.2 Å². The van der Waals surface area contributed by atoms with Crippen LogP contribution in [0.15, 0.2) is 46.3 Å². The second kappa shape index (κ2) is 9.40. The second-order valence-corrected chi connectivity index (χ2v) is 7.14. The van der Waals surface area contributed by atoms with Crippen molar-refractivity contribution in [3.05, 3.63) is 62.5 Å². The smallest absolute Gasteiger partial charge is 0.250 e. The van der Waals surface area contributed by atoms with Crippen LogP contribution >= 0.6 is 39.5 Å². The van der Waals surface area contributed by atoms with E-state index in [1.165, 1.54) is 35.6 Å². The highest BCUT2D eigenvalue weighted by Gasteiger charge is 2.06. The van der Waals surface area contributed by atoms with Gasteiger partial charge in [0.05, 0.1) is 6.42 Å². The van der Waals surface area contributed by atoms with Gasteiger partial charge in [0.25, 0.3) is 0 Å². The van der Waals surface area contributed by atoms with Crippen LogP contribution in [0.25, 0.3) is 6.08 Å². The molecule has 2 rings (SSSR count). The minimum atomic E-state index is -0.509. The molecule has 25 heavy (non-hydrogen) atoms. The van der Waals surface area contributed by atoms with E-state index in [4.69, 9.17) is 12.2 Å². The Labute approximate surface area is 161 Å². The maximum absolute atomic E-state index is 13.2. The molecule has 3 N–H and O–H groups in total. The Kier molecular flexibility index (Phi) is 7.23. The first kappa shape index (κ1) is 19.2. The van der Waals surface area contributed by atoms with Crippen LogP contribution in [0.3, 0.4) is 0 Å². The number of halogens is 2. The molecule has 130 valence electrons. The summed E-state index contributed by atoms with van der Waals surface area (Å²) in [6.07, 6.45) is 2.87. The van der Waals surface area contributed by atoms with Gasteiger partial charge in [-0.3, -0.25) is 25.8 Å². The highest BCUT2D eigenvalue weighted by atomic mass is 79.9. The fourth-order valence-corrected chi connectivity index (χ4v) is 3.11. The van der Waals surface area contributed by atoms with Crippen LogP contribution in [0.1, 0.15) is 10.4 Å². The molecule has 0 fully saturated rings. The predicted molar refractivity (Wildman–Crippen MR) is 103 cm³/mol. The van der Waals surface area contributed by atoms with E-state index >= 15 is 0 Å². The quantitative estimate of drug-likeness (QED) is 0.387. The molecule has 0 aliphatic rings. The fourth-order valence-electron chi connectivity index (χ4n) is 1.77. The largest absolute Gasteiger partial charge is 0.298 e. The minimum absolute atomic E-state index is 0.0467. The summed E-state index contributed by atoms with van der Waals surface area (Å²) in [5.74, 6) is -1.20. The van der Waals surface area contributed by atoms with Crippen molar-refractivity contribution in [3.63, 3.8) is 0 Å². The van der Waals surface area contributed by atoms with E-state index in [1.807, 2.05) is 17.5 Å². The zero-order chi connectivity index (χ0) is 18.2. The number of hydrazine groups is 1. The Morgan fingerprint density at radius 3 is 2.76 bits per heavy atom. The van der Waals surface area contributed by atoms with Crippen molar-refractivity contribution in [2.45, 2.75) is 6.42 Å². The van der Waals surface area contributed by atoms with E-state index in [0.29, 0.717) is 10.0 Å². The first-order valence-corrected chi connectivity index (χ1v) is 9.07. The predicted octanol–water partition coefficient (Wildman–Crippen LogP) is 2.93. The average Bonchev–Trinajstić information content (AvgIpc) is 3.03. The van der Waals surface area contributed by atoms with Crippen LogP contribution in [0.5, 0.6) is 0 Å². The van der Waals surface area contributed by atoms with Crippen molar-refractivity contribution in [2.75, 3.05) is 0 Å². The number of carbonyl (C=O) groups excluding carboxylic acids is 2. The maximum atomic E-state index is 13.2. The van der Waals surface area contributed by atoms with Crippen molar-refractivity contribution in [3.8, 4) is 0 Å². The van der Waals surface area contributed by atoms with Crippen LogP contribution in [0, 0.1) is 5.82 Å². The number of hydrogen-bond acceptors (Lipinski definition) is 4. The molecule has 0 saturated carbocycles. The summed E-state index contributed by atoms with van der Waals surface area (Å²) in [4.78, 5) is 24.4. The van der Waals surface area contributed by atoms with Gasteiger partial charge in [0.1, 0.15) is 5.82 Å². The number of benzene rings is 1. The Bertz CT molecular complexity index is 789. The normalized spacial score (nSPS) is 10.5. The molecule has 0 atom stereocenters. The summed E-state index contributed by atoms with van der Waals surface area (Å²) in [7, 11) is 0. The molecule has 0 aliphatic carbocycles. The van der Waals surface area contributed by atoms with E-state index in [-0.39, 0.29) is 17.4 Å². The van der Waals surface area contributed by atoms with Gasteiger partial charge in [-0.2, -0.15) is 0 Å². The summed E-state index contributed by atoms with van der Waals surface area (Å²) in [6, 6.07) is 7.97. The molecule has 1 aromatic heterocycles. The SMILES string of the molecule is O=C(/C=C/c1cc(F)cc(Br)c1)NC(=S)NNC(=O)Cc1cccs1. The number of amides is 2. The highest BCUT2D eigenvalue weighted by Crippen LogP contribution is 2.15. The molecule has 1 aromatic carbocycles. The first-order valence-electron chi connectivity index (χ1n) is 6.99. The summed E-state index contributed by atoms with van der Waals surface area (Å²) in [6.45, 7) is 0. The van der Waals surface area contributed by atoms with E-state index < -0.39 is 11.7 Å². The third-order valence-electron chi connectivity index (χ3n) is 2.78. The number of thiocarbonyl (C=S) groups is 1. The van der Waals surface area contributed by atoms with Crippen LogP contribution < -0.4 is 16.2 Å². The molecule has 1 heterocycles.